The third kappa shape index (κ3) is 2.15. The molecule has 1 N–H and O–H groups in total. The van der Waals surface area contributed by atoms with Crippen LogP contribution in [0.5, 0.6) is 0 Å². The second kappa shape index (κ2) is 4.60. The second-order valence-corrected chi connectivity index (χ2v) is 3.86. The van der Waals surface area contributed by atoms with Gasteiger partial charge >= 0.3 is 0 Å². The van der Waals surface area contributed by atoms with Gasteiger partial charge in [0.05, 0.1) is 11.8 Å². The standard InChI is InChI=1S/C11H20N2O/c1-5-9(6-2)11(14)10-7-13(4)12-8(10)3/h7,9,11,14H,5-6H2,1-4H3. The highest BCUT2D eigenvalue weighted by molar-refractivity contribution is 5.18. The second-order valence-electron chi connectivity index (χ2n) is 3.86. The Labute approximate surface area is 85.8 Å². The van der Waals surface area contributed by atoms with Gasteiger partial charge in [-0.25, -0.2) is 0 Å². The van der Waals surface area contributed by atoms with Crippen LogP contribution in [0, 0.1) is 12.8 Å². The number of hydrogen-bond acceptors (Lipinski definition) is 2. The number of rotatable bonds is 4. The molecule has 0 radical (unpaired) electrons. The number of aliphatic hydroxyl groups excluding tert-OH is 1. The van der Waals surface area contributed by atoms with Crippen LogP contribution in [0.25, 0.3) is 0 Å². The lowest BCUT2D eigenvalue weighted by molar-refractivity contribution is 0.103. The predicted octanol–water partition coefficient (Wildman–Crippen LogP) is 2.20. The van der Waals surface area contributed by atoms with Crippen LogP contribution in [-0.4, -0.2) is 14.9 Å². The minimum absolute atomic E-state index is 0.345. The van der Waals surface area contributed by atoms with Crippen molar-refractivity contribution in [3.05, 3.63) is 17.5 Å². The van der Waals surface area contributed by atoms with E-state index in [1.807, 2.05) is 20.2 Å². The van der Waals surface area contributed by atoms with Crippen molar-refractivity contribution in [2.45, 2.75) is 39.7 Å². The number of hydrogen-bond donors (Lipinski definition) is 1. The number of aryl methyl sites for hydroxylation is 2. The van der Waals surface area contributed by atoms with Gasteiger partial charge in [0.15, 0.2) is 0 Å². The van der Waals surface area contributed by atoms with Gasteiger partial charge < -0.3 is 5.11 Å². The Morgan fingerprint density at radius 1 is 1.43 bits per heavy atom. The first kappa shape index (κ1) is 11.2. The summed E-state index contributed by atoms with van der Waals surface area (Å²) in [5.74, 6) is 0.345. The fourth-order valence-electron chi connectivity index (χ4n) is 1.90. The molecular formula is C11H20N2O. The molecule has 80 valence electrons. The van der Waals surface area contributed by atoms with Crippen LogP contribution in [-0.2, 0) is 7.05 Å². The molecule has 0 aliphatic rings. The Bertz CT molecular complexity index is 289. The summed E-state index contributed by atoms with van der Waals surface area (Å²) >= 11 is 0. The highest BCUT2D eigenvalue weighted by Crippen LogP contribution is 2.28. The topological polar surface area (TPSA) is 38.0 Å². The molecule has 0 amide bonds. The maximum absolute atomic E-state index is 10.1. The Kier molecular flexibility index (Phi) is 3.69. The molecule has 1 aromatic rings. The Balaban J connectivity index is 2.87. The van der Waals surface area contributed by atoms with Crippen LogP contribution in [0.2, 0.25) is 0 Å². The molecule has 3 heteroatoms. The third-order valence-corrected chi connectivity index (χ3v) is 2.87. The minimum atomic E-state index is -0.362. The average molecular weight is 196 g/mol. The summed E-state index contributed by atoms with van der Waals surface area (Å²) in [6.45, 7) is 6.17. The zero-order valence-electron chi connectivity index (χ0n) is 9.49. The Morgan fingerprint density at radius 3 is 2.36 bits per heavy atom. The smallest absolute Gasteiger partial charge is 0.0851 e. The lowest BCUT2D eigenvalue weighted by Gasteiger charge is -2.19. The molecule has 0 aliphatic heterocycles. The average Bonchev–Trinajstić information content (AvgIpc) is 2.47. The van der Waals surface area contributed by atoms with E-state index in [1.54, 1.807) is 4.68 Å². The molecule has 1 aromatic heterocycles. The fraction of sp³-hybridized carbons (Fsp3) is 0.727. The summed E-state index contributed by atoms with van der Waals surface area (Å²) in [6, 6.07) is 0. The molecule has 0 bridgehead atoms. The van der Waals surface area contributed by atoms with Gasteiger partial charge in [0, 0.05) is 18.8 Å². The van der Waals surface area contributed by atoms with Crippen LogP contribution in [0.4, 0.5) is 0 Å². The quantitative estimate of drug-likeness (QED) is 0.801. The zero-order valence-corrected chi connectivity index (χ0v) is 9.49. The normalized spacial score (nSPS) is 13.6. The van der Waals surface area contributed by atoms with E-state index < -0.39 is 0 Å². The maximum Gasteiger partial charge on any atom is 0.0851 e. The number of aromatic nitrogens is 2. The zero-order chi connectivity index (χ0) is 10.7. The van der Waals surface area contributed by atoms with Gasteiger partial charge in [0.25, 0.3) is 0 Å². The maximum atomic E-state index is 10.1. The Hall–Kier alpha value is -0.830. The lowest BCUT2D eigenvalue weighted by Crippen LogP contribution is -2.11. The van der Waals surface area contributed by atoms with Crippen LogP contribution >= 0.6 is 0 Å². The molecular weight excluding hydrogens is 176 g/mol. The van der Waals surface area contributed by atoms with Gasteiger partial charge in [0.1, 0.15) is 0 Å². The Morgan fingerprint density at radius 2 is 2.00 bits per heavy atom. The molecule has 3 nitrogen and oxygen atoms in total. The number of aliphatic hydroxyl groups is 1. The van der Waals surface area contributed by atoms with Gasteiger partial charge in [-0.05, 0) is 12.8 Å². The molecule has 1 atom stereocenters. The van der Waals surface area contributed by atoms with Crippen LogP contribution in [0.1, 0.15) is 44.1 Å². The van der Waals surface area contributed by atoms with Gasteiger partial charge in [-0.2, -0.15) is 5.10 Å². The van der Waals surface area contributed by atoms with Gasteiger partial charge in [0.2, 0.25) is 0 Å². The van der Waals surface area contributed by atoms with E-state index in [0.717, 1.165) is 24.1 Å². The van der Waals surface area contributed by atoms with Crippen LogP contribution in [0.15, 0.2) is 6.20 Å². The van der Waals surface area contributed by atoms with Crippen molar-refractivity contribution in [3.8, 4) is 0 Å². The highest BCUT2D eigenvalue weighted by Gasteiger charge is 2.20. The van der Waals surface area contributed by atoms with Crippen molar-refractivity contribution in [1.82, 2.24) is 9.78 Å². The molecule has 1 unspecified atom stereocenters. The van der Waals surface area contributed by atoms with E-state index in [9.17, 15) is 5.11 Å². The molecule has 0 saturated carbocycles. The molecule has 1 heterocycles. The summed E-state index contributed by atoms with van der Waals surface area (Å²) in [5, 5.41) is 14.4. The molecule has 1 rings (SSSR count). The first-order chi connectivity index (χ1) is 6.60. The van der Waals surface area contributed by atoms with Crippen molar-refractivity contribution in [2.75, 3.05) is 0 Å². The summed E-state index contributed by atoms with van der Waals surface area (Å²) in [6.07, 6.45) is 3.56. The van der Waals surface area contributed by atoms with Crippen LogP contribution < -0.4 is 0 Å². The van der Waals surface area contributed by atoms with E-state index >= 15 is 0 Å². The third-order valence-electron chi connectivity index (χ3n) is 2.87. The van der Waals surface area contributed by atoms with Gasteiger partial charge in [-0.1, -0.05) is 26.7 Å². The van der Waals surface area contributed by atoms with E-state index in [0.29, 0.717) is 5.92 Å². The SMILES string of the molecule is CCC(CC)C(O)c1cn(C)nc1C. The van der Waals surface area contributed by atoms with Crippen molar-refractivity contribution in [2.24, 2.45) is 13.0 Å². The molecule has 0 aliphatic carbocycles. The first-order valence-electron chi connectivity index (χ1n) is 5.28. The summed E-state index contributed by atoms with van der Waals surface area (Å²) in [5.41, 5.74) is 1.91. The monoisotopic (exact) mass is 196 g/mol. The van der Waals surface area contributed by atoms with Crippen molar-refractivity contribution in [1.29, 1.82) is 0 Å². The van der Waals surface area contributed by atoms with E-state index in [4.69, 9.17) is 0 Å². The van der Waals surface area contributed by atoms with Crippen LogP contribution in [0.3, 0.4) is 0 Å². The summed E-state index contributed by atoms with van der Waals surface area (Å²) in [4.78, 5) is 0. The van der Waals surface area contributed by atoms with Crippen molar-refractivity contribution < 1.29 is 5.11 Å². The number of nitrogens with zero attached hydrogens (tertiary/aromatic N) is 2. The van der Waals surface area contributed by atoms with Crippen molar-refractivity contribution >= 4 is 0 Å². The highest BCUT2D eigenvalue weighted by atomic mass is 16.3. The minimum Gasteiger partial charge on any atom is -0.388 e. The molecule has 0 saturated heterocycles. The van der Waals surface area contributed by atoms with E-state index in [1.165, 1.54) is 0 Å². The summed E-state index contributed by atoms with van der Waals surface area (Å²) in [7, 11) is 1.89. The molecule has 0 spiro atoms. The summed E-state index contributed by atoms with van der Waals surface area (Å²) < 4.78 is 1.76. The molecule has 14 heavy (non-hydrogen) atoms. The molecule has 0 fully saturated rings. The van der Waals surface area contributed by atoms with Crippen molar-refractivity contribution in [3.63, 3.8) is 0 Å². The van der Waals surface area contributed by atoms with E-state index in [2.05, 4.69) is 18.9 Å². The van der Waals surface area contributed by atoms with Gasteiger partial charge in [-0.15, -0.1) is 0 Å². The fourth-order valence-corrected chi connectivity index (χ4v) is 1.90. The molecule has 0 aromatic carbocycles. The first-order valence-corrected chi connectivity index (χ1v) is 5.28. The lowest BCUT2D eigenvalue weighted by atomic mass is 9.92. The predicted molar refractivity (Wildman–Crippen MR) is 57.0 cm³/mol. The largest absolute Gasteiger partial charge is 0.388 e. The van der Waals surface area contributed by atoms with E-state index in [-0.39, 0.29) is 6.10 Å². The van der Waals surface area contributed by atoms with Gasteiger partial charge in [-0.3, -0.25) is 4.68 Å².